The molecule has 1 aliphatic heterocycles. The van der Waals surface area contributed by atoms with Gasteiger partial charge in [0.2, 0.25) is 5.95 Å². The molecule has 1 aliphatic rings. The van der Waals surface area contributed by atoms with Gasteiger partial charge in [0.25, 0.3) is 5.91 Å². The Balaban J connectivity index is 0.00000363. The molecule has 31 heavy (non-hydrogen) atoms. The number of carbonyl (C=O) groups excluding carboxylic acids is 2. The van der Waals surface area contributed by atoms with Crippen molar-refractivity contribution in [2.75, 3.05) is 50.0 Å². The number of hydrogen-bond acceptors (Lipinski definition) is 7. The van der Waals surface area contributed by atoms with Crippen molar-refractivity contribution < 1.29 is 22.6 Å². The van der Waals surface area contributed by atoms with Gasteiger partial charge in [-0.2, -0.15) is 4.39 Å². The van der Waals surface area contributed by atoms with Gasteiger partial charge in [0.15, 0.2) is 11.6 Å². The lowest BCUT2D eigenvalue weighted by Crippen LogP contribution is -2.46. The third kappa shape index (κ3) is 5.40. The fourth-order valence-electron chi connectivity index (χ4n) is 3.19. The quantitative estimate of drug-likeness (QED) is 0.586. The van der Waals surface area contributed by atoms with Crippen molar-refractivity contribution in [1.82, 2.24) is 30.5 Å². The van der Waals surface area contributed by atoms with Gasteiger partial charge < -0.3 is 15.5 Å². The molecular formula is C19H30F2N8O2. The summed E-state index contributed by atoms with van der Waals surface area (Å²) in [6.07, 6.45) is 1.20. The van der Waals surface area contributed by atoms with Crippen LogP contribution in [0.15, 0.2) is 18.5 Å². The van der Waals surface area contributed by atoms with Crippen LogP contribution in [-0.2, 0) is 6.54 Å². The molecule has 1 fully saturated rings. The van der Waals surface area contributed by atoms with Crippen LogP contribution < -0.4 is 20.9 Å². The first kappa shape index (κ1) is 22.3. The molecule has 0 unspecified atom stereocenters. The molecule has 10 nitrogen and oxygen atoms in total. The molecular weight excluding hydrogens is 410 g/mol. The number of pyridine rings is 1. The SMILES string of the molecule is CCNC(=O)Nc1ncnc(CN2CCN(c3ccc(C(=O)NC)nc3F)CC2)c1F.[HH].[HH].[HH]. The molecule has 1 saturated heterocycles. The van der Waals surface area contributed by atoms with Gasteiger partial charge >= 0.3 is 6.03 Å². The number of piperazine rings is 1. The van der Waals surface area contributed by atoms with E-state index in [9.17, 15) is 18.4 Å². The van der Waals surface area contributed by atoms with Crippen LogP contribution in [-0.4, -0.2) is 71.6 Å². The van der Waals surface area contributed by atoms with Crippen molar-refractivity contribution in [3.05, 3.63) is 41.6 Å². The molecule has 0 aliphatic carbocycles. The number of hydrogen-bond donors (Lipinski definition) is 3. The van der Waals surface area contributed by atoms with E-state index in [2.05, 4.69) is 30.9 Å². The smallest absolute Gasteiger partial charge is 0.320 e. The number of anilines is 2. The highest BCUT2D eigenvalue weighted by molar-refractivity contribution is 5.92. The van der Waals surface area contributed by atoms with Gasteiger partial charge in [0.1, 0.15) is 12.0 Å². The Labute approximate surface area is 182 Å². The zero-order chi connectivity index (χ0) is 22.4. The number of rotatable bonds is 6. The van der Waals surface area contributed by atoms with Gasteiger partial charge in [0.05, 0.1) is 11.4 Å². The molecule has 3 heterocycles. The Morgan fingerprint density at radius 2 is 1.90 bits per heavy atom. The summed E-state index contributed by atoms with van der Waals surface area (Å²) in [5.74, 6) is -2.03. The largest absolute Gasteiger partial charge is 0.365 e. The van der Waals surface area contributed by atoms with Crippen LogP contribution >= 0.6 is 0 Å². The Morgan fingerprint density at radius 3 is 2.55 bits per heavy atom. The van der Waals surface area contributed by atoms with E-state index in [-0.39, 0.29) is 28.0 Å². The van der Waals surface area contributed by atoms with Crippen LogP contribution in [0.3, 0.4) is 0 Å². The van der Waals surface area contributed by atoms with Gasteiger partial charge in [-0.1, -0.05) is 0 Å². The highest BCUT2D eigenvalue weighted by Gasteiger charge is 2.23. The van der Waals surface area contributed by atoms with Crippen LogP contribution in [0.1, 0.15) is 27.4 Å². The maximum absolute atomic E-state index is 14.7. The highest BCUT2D eigenvalue weighted by Crippen LogP contribution is 2.21. The number of nitrogens with one attached hydrogen (secondary N) is 3. The fourth-order valence-corrected chi connectivity index (χ4v) is 3.19. The Kier molecular flexibility index (Phi) is 7.23. The summed E-state index contributed by atoms with van der Waals surface area (Å²) in [7, 11) is 1.45. The van der Waals surface area contributed by atoms with E-state index in [1.165, 1.54) is 25.5 Å². The molecule has 0 atom stereocenters. The number of amides is 3. The lowest BCUT2D eigenvalue weighted by molar-refractivity contribution is 0.0957. The topological polar surface area (TPSA) is 115 Å². The molecule has 2 aromatic heterocycles. The third-order valence-corrected chi connectivity index (χ3v) is 4.81. The minimum absolute atomic E-state index is 0. The Morgan fingerprint density at radius 1 is 1.16 bits per heavy atom. The molecule has 3 N–H and O–H groups in total. The summed E-state index contributed by atoms with van der Waals surface area (Å²) >= 11 is 0. The average molecular weight is 440 g/mol. The van der Waals surface area contributed by atoms with Crippen LogP contribution in [0.5, 0.6) is 0 Å². The van der Waals surface area contributed by atoms with Crippen molar-refractivity contribution >= 4 is 23.4 Å². The number of nitrogens with zero attached hydrogens (tertiary/aromatic N) is 5. The van der Waals surface area contributed by atoms with Crippen molar-refractivity contribution in [2.24, 2.45) is 0 Å². The monoisotopic (exact) mass is 440 g/mol. The van der Waals surface area contributed by atoms with Crippen LogP contribution in [0, 0.1) is 11.8 Å². The molecule has 0 saturated carbocycles. The Hall–Kier alpha value is -3.41. The first-order chi connectivity index (χ1) is 14.9. The van der Waals surface area contributed by atoms with Crippen LogP contribution in [0.2, 0.25) is 0 Å². The summed E-state index contributed by atoms with van der Waals surface area (Å²) in [5.41, 5.74) is 0.491. The predicted octanol–water partition coefficient (Wildman–Crippen LogP) is 1.71. The molecule has 0 aromatic carbocycles. The molecule has 2 aromatic rings. The summed E-state index contributed by atoms with van der Waals surface area (Å²) in [4.78, 5) is 38.5. The van der Waals surface area contributed by atoms with Gasteiger partial charge in [-0.3, -0.25) is 15.0 Å². The van der Waals surface area contributed by atoms with E-state index < -0.39 is 23.7 Å². The second-order valence-corrected chi connectivity index (χ2v) is 6.82. The van der Waals surface area contributed by atoms with E-state index in [1.54, 1.807) is 6.92 Å². The fraction of sp³-hybridized carbons (Fsp3) is 0.421. The minimum atomic E-state index is -0.711. The lowest BCUT2D eigenvalue weighted by Gasteiger charge is -2.35. The van der Waals surface area contributed by atoms with E-state index in [0.29, 0.717) is 38.4 Å². The average Bonchev–Trinajstić information content (AvgIpc) is 2.76. The maximum atomic E-state index is 14.7. The number of carbonyl (C=O) groups is 2. The molecule has 12 heteroatoms. The number of aromatic nitrogens is 3. The van der Waals surface area contributed by atoms with Crippen molar-refractivity contribution in [1.29, 1.82) is 0 Å². The number of urea groups is 1. The first-order valence-electron chi connectivity index (χ1n) is 9.83. The third-order valence-electron chi connectivity index (χ3n) is 4.81. The second kappa shape index (κ2) is 10.1. The van der Waals surface area contributed by atoms with Gasteiger partial charge in [-0.25, -0.2) is 24.1 Å². The highest BCUT2D eigenvalue weighted by atomic mass is 19.1. The normalized spacial score (nSPS) is 14.3. The van der Waals surface area contributed by atoms with E-state index in [0.717, 1.165) is 0 Å². The maximum Gasteiger partial charge on any atom is 0.320 e. The summed E-state index contributed by atoms with van der Waals surface area (Å²) in [5, 5.41) is 7.27. The Bertz CT molecular complexity index is 965. The standard InChI is InChI=1S/C19H24F2N8O2.3H2/c1-3-23-19(31)27-17-15(20)13(24-11-25-17)10-28-6-8-29(9-7-28)14-5-4-12(18(30)22-2)26-16(14)21;;;/h4-5,11H,3,6-10H2,1-2H3,(H,22,30)(H2,23,24,25,27,31);3*1H. The zero-order valence-corrected chi connectivity index (χ0v) is 17.3. The zero-order valence-electron chi connectivity index (χ0n) is 17.3. The molecule has 0 bridgehead atoms. The van der Waals surface area contributed by atoms with Crippen molar-refractivity contribution in [2.45, 2.75) is 13.5 Å². The molecule has 0 spiro atoms. The van der Waals surface area contributed by atoms with E-state index >= 15 is 0 Å². The minimum Gasteiger partial charge on any atom is -0.365 e. The molecule has 3 rings (SSSR count). The van der Waals surface area contributed by atoms with Crippen LogP contribution in [0.4, 0.5) is 25.1 Å². The van der Waals surface area contributed by atoms with Crippen molar-refractivity contribution in [3.63, 3.8) is 0 Å². The van der Waals surface area contributed by atoms with E-state index in [4.69, 9.17) is 0 Å². The van der Waals surface area contributed by atoms with Gasteiger partial charge in [0, 0.05) is 50.6 Å². The molecule has 172 valence electrons. The summed E-state index contributed by atoms with van der Waals surface area (Å²) < 4.78 is 29.0. The summed E-state index contributed by atoms with van der Waals surface area (Å²) in [6, 6.07) is 2.47. The lowest BCUT2D eigenvalue weighted by atomic mass is 10.2. The summed E-state index contributed by atoms with van der Waals surface area (Å²) in [6.45, 7) is 4.45. The predicted molar refractivity (Wildman–Crippen MR) is 116 cm³/mol. The molecule has 0 radical (unpaired) electrons. The van der Waals surface area contributed by atoms with Crippen molar-refractivity contribution in [3.8, 4) is 0 Å². The number of halogens is 2. The van der Waals surface area contributed by atoms with Crippen LogP contribution in [0.25, 0.3) is 0 Å². The second-order valence-electron chi connectivity index (χ2n) is 6.82. The first-order valence-corrected chi connectivity index (χ1v) is 9.83. The van der Waals surface area contributed by atoms with Gasteiger partial charge in [-0.05, 0) is 19.1 Å². The molecule has 3 amide bonds. The van der Waals surface area contributed by atoms with Gasteiger partial charge in [-0.15, -0.1) is 0 Å². The van der Waals surface area contributed by atoms with E-state index in [1.807, 2.05) is 9.80 Å².